The molecule has 0 bridgehead atoms. The highest BCUT2D eigenvalue weighted by atomic mass is 32.3. The van der Waals surface area contributed by atoms with E-state index in [1.54, 1.807) is 0 Å². The van der Waals surface area contributed by atoms with Gasteiger partial charge in [-0.05, 0) is 99.6 Å². The van der Waals surface area contributed by atoms with E-state index in [0.29, 0.717) is 0 Å². The lowest BCUT2D eigenvalue weighted by atomic mass is 9.98. The normalized spacial score (nSPS) is 13.7. The largest absolute Gasteiger partial charge is 0.310 e. The van der Waals surface area contributed by atoms with Crippen LogP contribution in [-0.4, -0.2) is 12.5 Å². The molecule has 0 radical (unpaired) electrons. The number of thiophene rings is 1. The summed E-state index contributed by atoms with van der Waals surface area (Å²) in [7, 11) is -1.25. The van der Waals surface area contributed by atoms with Gasteiger partial charge in [-0.1, -0.05) is 127 Å². The van der Waals surface area contributed by atoms with E-state index in [1.807, 2.05) is 11.3 Å². The van der Waals surface area contributed by atoms with Crippen molar-refractivity contribution < 1.29 is 0 Å². The molecule has 51 heavy (non-hydrogen) atoms. The zero-order valence-electron chi connectivity index (χ0n) is 28.5. The first kappa shape index (κ1) is 30.2. The molecule has 0 saturated heterocycles. The van der Waals surface area contributed by atoms with Crippen LogP contribution in [0.2, 0.25) is 0 Å². The Bertz CT molecular complexity index is 2770. The first-order valence-corrected chi connectivity index (χ1v) is 20.7. The number of rotatable bonds is 5. The highest BCUT2D eigenvalue weighted by molar-refractivity contribution is 8.33. The van der Waals surface area contributed by atoms with E-state index in [9.17, 15) is 0 Å². The van der Waals surface area contributed by atoms with E-state index in [-0.39, 0.29) is 0 Å². The molecule has 1 nitrogen and oxygen atoms in total. The molecule has 0 N–H and O–H groups in total. The minimum atomic E-state index is -1.25. The molecular formula is C48H35NS2. The molecule has 8 aromatic carbocycles. The van der Waals surface area contributed by atoms with Crippen LogP contribution in [0.3, 0.4) is 0 Å². The first-order valence-electron chi connectivity index (χ1n) is 17.4. The quantitative estimate of drug-likeness (QED) is 0.174. The molecule has 2 heterocycles. The van der Waals surface area contributed by atoms with E-state index in [2.05, 4.69) is 193 Å². The van der Waals surface area contributed by atoms with Crippen LogP contribution in [0.5, 0.6) is 0 Å². The van der Waals surface area contributed by atoms with Gasteiger partial charge in [0.1, 0.15) is 0 Å². The summed E-state index contributed by atoms with van der Waals surface area (Å²) in [5.41, 5.74) is 11.2. The smallest absolute Gasteiger partial charge is 0.0472 e. The van der Waals surface area contributed by atoms with Gasteiger partial charge in [-0.25, -0.2) is 0 Å². The highest BCUT2D eigenvalue weighted by Crippen LogP contribution is 2.69. The SMILES string of the molecule is CS1(C)c2cc(N(c3ccc(-c4cccc5ccccc45)cc3)c3cccc(-c4ccccc4)c3)ccc2-c2c1ccc1c2sc2ccccc21. The molecular weight excluding hydrogens is 655 g/mol. The van der Waals surface area contributed by atoms with Gasteiger partial charge in [0.25, 0.3) is 0 Å². The molecule has 1 aliphatic heterocycles. The van der Waals surface area contributed by atoms with Crippen molar-refractivity contribution in [2.75, 3.05) is 17.4 Å². The van der Waals surface area contributed by atoms with E-state index in [4.69, 9.17) is 0 Å². The molecule has 1 aliphatic rings. The van der Waals surface area contributed by atoms with Crippen LogP contribution in [0.15, 0.2) is 186 Å². The van der Waals surface area contributed by atoms with E-state index < -0.39 is 10.0 Å². The van der Waals surface area contributed by atoms with Crippen molar-refractivity contribution in [3.05, 3.63) is 176 Å². The average molecular weight is 690 g/mol. The van der Waals surface area contributed by atoms with Crippen molar-refractivity contribution in [3.8, 4) is 33.4 Å². The van der Waals surface area contributed by atoms with Gasteiger partial charge in [0.05, 0.1) is 0 Å². The maximum Gasteiger partial charge on any atom is 0.0472 e. The Morgan fingerprint density at radius 2 is 1.12 bits per heavy atom. The van der Waals surface area contributed by atoms with Gasteiger partial charge in [-0.2, -0.15) is 10.0 Å². The number of fused-ring (bicyclic) bond motifs is 8. The van der Waals surface area contributed by atoms with Gasteiger partial charge in [0, 0.05) is 52.6 Å². The predicted octanol–water partition coefficient (Wildman–Crippen LogP) is 14.5. The Morgan fingerprint density at radius 1 is 0.431 bits per heavy atom. The van der Waals surface area contributed by atoms with Crippen molar-refractivity contribution in [3.63, 3.8) is 0 Å². The molecule has 3 heteroatoms. The summed E-state index contributed by atoms with van der Waals surface area (Å²) in [6, 6.07) is 64.9. The Balaban J connectivity index is 1.14. The minimum Gasteiger partial charge on any atom is -0.310 e. The van der Waals surface area contributed by atoms with Gasteiger partial charge < -0.3 is 4.90 Å². The Hall–Kier alpha value is -5.61. The number of benzene rings is 8. The monoisotopic (exact) mass is 689 g/mol. The third-order valence-electron chi connectivity index (χ3n) is 10.5. The van der Waals surface area contributed by atoms with Crippen molar-refractivity contribution in [2.45, 2.75) is 9.79 Å². The van der Waals surface area contributed by atoms with Crippen molar-refractivity contribution in [2.24, 2.45) is 0 Å². The molecule has 0 atom stereocenters. The van der Waals surface area contributed by atoms with Crippen LogP contribution >= 0.6 is 21.4 Å². The molecule has 0 saturated carbocycles. The van der Waals surface area contributed by atoms with E-state index >= 15 is 0 Å². The van der Waals surface area contributed by atoms with Gasteiger partial charge >= 0.3 is 0 Å². The summed E-state index contributed by atoms with van der Waals surface area (Å²) in [6.07, 6.45) is 4.94. The zero-order chi connectivity index (χ0) is 34.1. The Morgan fingerprint density at radius 3 is 1.98 bits per heavy atom. The lowest BCUT2D eigenvalue weighted by molar-refractivity contribution is 1.26. The van der Waals surface area contributed by atoms with Crippen LogP contribution in [0, 0.1) is 0 Å². The number of hydrogen-bond acceptors (Lipinski definition) is 2. The Labute approximate surface area is 304 Å². The number of hydrogen-bond donors (Lipinski definition) is 0. The second-order valence-corrected chi connectivity index (χ2v) is 18.3. The molecule has 0 spiro atoms. The van der Waals surface area contributed by atoms with Crippen molar-refractivity contribution >= 4 is 69.4 Å². The number of nitrogens with zero attached hydrogens (tertiary/aromatic N) is 1. The van der Waals surface area contributed by atoms with E-state index in [1.165, 1.54) is 79.8 Å². The third-order valence-corrected chi connectivity index (χ3v) is 14.6. The van der Waals surface area contributed by atoms with Crippen molar-refractivity contribution in [1.82, 2.24) is 0 Å². The van der Waals surface area contributed by atoms with Crippen LogP contribution < -0.4 is 4.90 Å². The predicted molar refractivity (Wildman–Crippen MR) is 224 cm³/mol. The molecule has 0 unspecified atom stereocenters. The van der Waals surface area contributed by atoms with Crippen LogP contribution in [-0.2, 0) is 0 Å². The molecule has 1 aromatic heterocycles. The summed E-state index contributed by atoms with van der Waals surface area (Å²) < 4.78 is 2.77. The lowest BCUT2D eigenvalue weighted by Gasteiger charge is -2.31. The summed E-state index contributed by atoms with van der Waals surface area (Å²) in [4.78, 5) is 5.38. The molecule has 0 amide bonds. The standard InChI is InChI=1S/C48H35NS2/c1-51(2)45-29-28-42-41-19-8-9-21-44(41)50-48(42)47(45)43-27-26-38(31-46(43)51)49(37-17-10-16-35(30-37)32-12-4-3-5-13-32)36-24-22-34(23-25-36)40-20-11-15-33-14-6-7-18-39(33)40/h3-31H,1-2H3. The number of anilines is 3. The maximum absolute atomic E-state index is 2.48. The van der Waals surface area contributed by atoms with Crippen LogP contribution in [0.1, 0.15) is 0 Å². The zero-order valence-corrected chi connectivity index (χ0v) is 30.1. The molecule has 244 valence electrons. The van der Waals surface area contributed by atoms with Crippen LogP contribution in [0.4, 0.5) is 17.1 Å². The topological polar surface area (TPSA) is 3.24 Å². The summed E-state index contributed by atoms with van der Waals surface area (Å²) in [5.74, 6) is 0. The fourth-order valence-electron chi connectivity index (χ4n) is 8.02. The molecule has 0 fully saturated rings. The van der Waals surface area contributed by atoms with Crippen LogP contribution in [0.25, 0.3) is 64.3 Å². The van der Waals surface area contributed by atoms with Gasteiger partial charge in [-0.15, -0.1) is 11.3 Å². The van der Waals surface area contributed by atoms with E-state index in [0.717, 1.165) is 11.4 Å². The van der Waals surface area contributed by atoms with Crippen molar-refractivity contribution in [1.29, 1.82) is 0 Å². The molecule has 0 aliphatic carbocycles. The highest BCUT2D eigenvalue weighted by Gasteiger charge is 2.34. The first-order chi connectivity index (χ1) is 25.0. The minimum absolute atomic E-state index is 1.14. The van der Waals surface area contributed by atoms with Gasteiger partial charge in [0.15, 0.2) is 0 Å². The third kappa shape index (κ3) is 4.84. The Kier molecular flexibility index (Phi) is 6.96. The van der Waals surface area contributed by atoms with Gasteiger partial charge in [0.2, 0.25) is 0 Å². The fraction of sp³-hybridized carbons (Fsp3) is 0.0417. The summed E-state index contributed by atoms with van der Waals surface area (Å²) >= 11 is 1.94. The summed E-state index contributed by atoms with van der Waals surface area (Å²) in [5, 5.41) is 5.26. The maximum atomic E-state index is 2.48. The molecule has 10 rings (SSSR count). The second-order valence-electron chi connectivity index (χ2n) is 13.7. The molecule has 9 aromatic rings. The fourth-order valence-corrected chi connectivity index (χ4v) is 11.8. The lowest BCUT2D eigenvalue weighted by Crippen LogP contribution is -2.10. The second kappa shape index (κ2) is 11.7. The van der Waals surface area contributed by atoms with Gasteiger partial charge in [-0.3, -0.25) is 0 Å². The average Bonchev–Trinajstić information content (AvgIpc) is 3.67. The summed E-state index contributed by atoms with van der Waals surface area (Å²) in [6.45, 7) is 0.